The Labute approximate surface area is 173 Å². The number of carbonyl (C=O) groups excluding carboxylic acids is 1. The van der Waals surface area contributed by atoms with Gasteiger partial charge in [-0.25, -0.2) is 4.79 Å². The fourth-order valence-corrected chi connectivity index (χ4v) is 3.69. The van der Waals surface area contributed by atoms with Gasteiger partial charge in [-0.3, -0.25) is 0 Å². The number of aliphatic hydroxyl groups is 3. The van der Waals surface area contributed by atoms with Gasteiger partial charge in [0, 0.05) is 11.3 Å². The number of benzene rings is 1. The summed E-state index contributed by atoms with van der Waals surface area (Å²) in [6.45, 7) is 5.89. The maximum Gasteiger partial charge on any atom is 0.355 e. The number of halogens is 1. The highest BCUT2D eigenvalue weighted by Crippen LogP contribution is 2.39. The van der Waals surface area contributed by atoms with Crippen LogP contribution in [-0.4, -0.2) is 39.6 Å². The molecule has 0 aliphatic rings. The summed E-state index contributed by atoms with van der Waals surface area (Å²) in [5, 5.41) is 34.6. The Kier molecular flexibility index (Phi) is 10.1. The number of hydrogen-bond acceptors (Lipinski definition) is 6. The van der Waals surface area contributed by atoms with Gasteiger partial charge in [-0.2, -0.15) is 0 Å². The number of ether oxygens (including phenoxy) is 1. The largest absolute Gasteiger partial charge is 0.461 e. The van der Waals surface area contributed by atoms with E-state index in [1.165, 1.54) is 0 Å². The number of aliphatic hydroxyl groups excluding tert-OH is 3. The molecular weight excluding hydrogens is 428 g/mol. The van der Waals surface area contributed by atoms with Crippen molar-refractivity contribution in [2.75, 3.05) is 6.61 Å². The van der Waals surface area contributed by atoms with Crippen LogP contribution in [0.4, 0.5) is 0 Å². The molecule has 154 valence electrons. The van der Waals surface area contributed by atoms with E-state index in [4.69, 9.17) is 10.1 Å². The van der Waals surface area contributed by atoms with Gasteiger partial charge < -0.3 is 30.4 Å². The molecule has 0 bridgehead atoms. The van der Waals surface area contributed by atoms with Gasteiger partial charge in [-0.05, 0) is 57.7 Å². The van der Waals surface area contributed by atoms with Crippen molar-refractivity contribution < 1.29 is 24.9 Å². The van der Waals surface area contributed by atoms with E-state index in [1.54, 1.807) is 12.1 Å². The van der Waals surface area contributed by atoms with Crippen LogP contribution >= 0.6 is 15.9 Å². The molecule has 1 aromatic heterocycles. The predicted octanol–water partition coefficient (Wildman–Crippen LogP) is 3.32. The fourth-order valence-electron chi connectivity index (χ4n) is 2.98. The number of aromatic nitrogens is 1. The van der Waals surface area contributed by atoms with E-state index >= 15 is 0 Å². The van der Waals surface area contributed by atoms with Crippen LogP contribution in [0.15, 0.2) is 16.6 Å². The Hall–Kier alpha value is -2.00. The SMILES string of the molecule is C=N.CCCOC(=O)c1[nH]c(CC)c(-c2ccc(CO)c(CO)c2CO)c1Br. The van der Waals surface area contributed by atoms with Crippen LogP contribution in [0.25, 0.3) is 11.1 Å². The Balaban J connectivity index is 0.00000190. The quantitative estimate of drug-likeness (QED) is 0.308. The normalized spacial score (nSPS) is 10.4. The zero-order valence-electron chi connectivity index (χ0n) is 16.1. The van der Waals surface area contributed by atoms with Gasteiger partial charge in [0.05, 0.1) is 30.9 Å². The molecule has 0 unspecified atom stereocenters. The highest BCUT2D eigenvalue weighted by atomic mass is 79.9. The molecule has 1 heterocycles. The van der Waals surface area contributed by atoms with Gasteiger partial charge in [-0.15, -0.1) is 0 Å². The van der Waals surface area contributed by atoms with Gasteiger partial charge in [0.2, 0.25) is 0 Å². The average molecular weight is 455 g/mol. The first-order valence-corrected chi connectivity index (χ1v) is 9.72. The van der Waals surface area contributed by atoms with E-state index < -0.39 is 5.97 Å². The summed E-state index contributed by atoms with van der Waals surface area (Å²) >= 11 is 3.49. The number of H-pyrrole nitrogens is 1. The minimum Gasteiger partial charge on any atom is -0.461 e. The van der Waals surface area contributed by atoms with E-state index in [0.717, 1.165) is 17.7 Å². The summed E-state index contributed by atoms with van der Waals surface area (Å²) in [5.74, 6) is -0.445. The zero-order chi connectivity index (χ0) is 21.3. The molecule has 0 aliphatic heterocycles. The Morgan fingerprint density at radius 2 is 1.79 bits per heavy atom. The second-order valence-corrected chi connectivity index (χ2v) is 6.65. The van der Waals surface area contributed by atoms with Crippen molar-refractivity contribution >= 4 is 28.6 Å². The maximum absolute atomic E-state index is 12.3. The van der Waals surface area contributed by atoms with E-state index in [0.29, 0.717) is 45.4 Å². The van der Waals surface area contributed by atoms with Crippen molar-refractivity contribution in [3.05, 3.63) is 44.7 Å². The van der Waals surface area contributed by atoms with Gasteiger partial charge >= 0.3 is 5.97 Å². The van der Waals surface area contributed by atoms with Crippen LogP contribution < -0.4 is 0 Å². The number of aryl methyl sites for hydroxylation is 1. The summed E-state index contributed by atoms with van der Waals surface area (Å²) in [6, 6.07) is 3.50. The van der Waals surface area contributed by atoms with Crippen molar-refractivity contribution in [3.63, 3.8) is 0 Å². The lowest BCUT2D eigenvalue weighted by atomic mass is 9.92. The minimum absolute atomic E-state index is 0.229. The third-order valence-electron chi connectivity index (χ3n) is 4.30. The second kappa shape index (κ2) is 11.8. The summed E-state index contributed by atoms with van der Waals surface area (Å²) in [5.41, 5.74) is 4.18. The van der Waals surface area contributed by atoms with Crippen LogP contribution in [0.1, 0.15) is 53.1 Å². The van der Waals surface area contributed by atoms with Gasteiger partial charge in [0.25, 0.3) is 0 Å². The van der Waals surface area contributed by atoms with Crippen LogP contribution in [0.3, 0.4) is 0 Å². The lowest BCUT2D eigenvalue weighted by Crippen LogP contribution is -2.07. The number of rotatable bonds is 8. The van der Waals surface area contributed by atoms with E-state index in [-0.39, 0.29) is 19.8 Å². The number of nitrogens with one attached hydrogen (secondary N) is 2. The molecule has 8 heteroatoms. The average Bonchev–Trinajstić information content (AvgIpc) is 3.08. The molecule has 0 fully saturated rings. The first kappa shape index (κ1) is 24.0. The summed E-state index contributed by atoms with van der Waals surface area (Å²) in [6.07, 6.45) is 1.37. The van der Waals surface area contributed by atoms with E-state index in [2.05, 4.69) is 27.6 Å². The minimum atomic E-state index is -0.445. The number of esters is 1. The van der Waals surface area contributed by atoms with Crippen molar-refractivity contribution in [1.29, 1.82) is 5.41 Å². The number of hydrogen-bond donors (Lipinski definition) is 5. The number of carbonyl (C=O) groups is 1. The van der Waals surface area contributed by atoms with Crippen LogP contribution in [-0.2, 0) is 31.0 Å². The van der Waals surface area contributed by atoms with Crippen molar-refractivity contribution in [2.45, 2.75) is 46.5 Å². The molecule has 7 nitrogen and oxygen atoms in total. The summed E-state index contributed by atoms with van der Waals surface area (Å²) < 4.78 is 5.78. The van der Waals surface area contributed by atoms with Crippen molar-refractivity contribution in [2.24, 2.45) is 0 Å². The molecule has 0 atom stereocenters. The highest BCUT2D eigenvalue weighted by molar-refractivity contribution is 9.10. The molecule has 2 rings (SSSR count). The maximum atomic E-state index is 12.3. The molecule has 1 aromatic carbocycles. The Morgan fingerprint density at radius 3 is 2.29 bits per heavy atom. The van der Waals surface area contributed by atoms with E-state index in [9.17, 15) is 20.1 Å². The second-order valence-electron chi connectivity index (χ2n) is 5.86. The number of aromatic amines is 1. The summed E-state index contributed by atoms with van der Waals surface area (Å²) in [7, 11) is 0. The molecular formula is C20H27BrN2O5. The smallest absolute Gasteiger partial charge is 0.355 e. The highest BCUT2D eigenvalue weighted by Gasteiger charge is 2.24. The topological polar surface area (TPSA) is 127 Å². The Bertz CT molecular complexity index is 804. The molecule has 2 aromatic rings. The van der Waals surface area contributed by atoms with Gasteiger partial charge in [0.15, 0.2) is 0 Å². The predicted molar refractivity (Wildman–Crippen MR) is 111 cm³/mol. The van der Waals surface area contributed by atoms with Gasteiger partial charge in [0.1, 0.15) is 5.69 Å². The fraction of sp³-hybridized carbons (Fsp3) is 0.400. The molecule has 0 spiro atoms. The molecule has 0 saturated carbocycles. The van der Waals surface area contributed by atoms with Gasteiger partial charge in [-0.1, -0.05) is 26.0 Å². The van der Waals surface area contributed by atoms with E-state index in [1.807, 2.05) is 13.8 Å². The van der Waals surface area contributed by atoms with Crippen LogP contribution in [0.2, 0.25) is 0 Å². The first-order valence-electron chi connectivity index (χ1n) is 8.93. The zero-order valence-corrected chi connectivity index (χ0v) is 17.7. The molecule has 5 N–H and O–H groups in total. The molecule has 28 heavy (non-hydrogen) atoms. The summed E-state index contributed by atoms with van der Waals surface area (Å²) in [4.78, 5) is 15.4. The third-order valence-corrected chi connectivity index (χ3v) is 5.09. The van der Waals surface area contributed by atoms with Crippen molar-refractivity contribution in [3.8, 4) is 11.1 Å². The van der Waals surface area contributed by atoms with Crippen molar-refractivity contribution in [1.82, 2.24) is 4.98 Å². The molecule has 0 radical (unpaired) electrons. The van der Waals surface area contributed by atoms with Crippen LogP contribution in [0.5, 0.6) is 0 Å². The molecule has 0 saturated heterocycles. The Morgan fingerprint density at radius 1 is 1.14 bits per heavy atom. The monoisotopic (exact) mass is 454 g/mol. The lowest BCUT2D eigenvalue weighted by molar-refractivity contribution is 0.0497. The molecule has 0 amide bonds. The lowest BCUT2D eigenvalue weighted by Gasteiger charge is -2.16. The molecule has 0 aliphatic carbocycles. The third kappa shape index (κ3) is 4.88. The standard InChI is InChI=1S/C19H24BrNO5.CH3N/c1-3-7-26-19(25)18-17(20)16(15(4-2)21-18)12-6-5-11(8-22)13(9-23)14(12)10-24;1-2/h5-6,21-24H,3-4,7-10H2,1-2H3;2H,1H2. The van der Waals surface area contributed by atoms with Crippen LogP contribution in [0, 0.1) is 5.41 Å². The first-order chi connectivity index (χ1) is 13.5.